The molecule has 0 amide bonds. The van der Waals surface area contributed by atoms with Gasteiger partial charge in [0.05, 0.1) is 0 Å². The van der Waals surface area contributed by atoms with Crippen LogP contribution in [0, 0.1) is 5.92 Å². The van der Waals surface area contributed by atoms with Crippen LogP contribution < -0.4 is 0 Å². The van der Waals surface area contributed by atoms with E-state index >= 15 is 0 Å². The van der Waals surface area contributed by atoms with Crippen molar-refractivity contribution < 1.29 is 29.3 Å². The number of carboxylic acids is 1. The highest BCUT2D eigenvalue weighted by Gasteiger charge is 2.22. The number of aliphatic hydroxyl groups excluding tert-OH is 1. The van der Waals surface area contributed by atoms with Crippen molar-refractivity contribution in [3.05, 3.63) is 12.2 Å². The Hall–Kier alpha value is -1.69. The molecule has 0 spiro atoms. The van der Waals surface area contributed by atoms with Crippen LogP contribution in [0.25, 0.3) is 0 Å². The van der Waals surface area contributed by atoms with Crippen LogP contribution in [0.4, 0.5) is 0 Å². The molecule has 0 aromatic carbocycles. The maximum absolute atomic E-state index is 11.0. The largest absolute Gasteiger partial charge is 0.481 e. The Balaban J connectivity index is 4.03. The van der Waals surface area contributed by atoms with Crippen molar-refractivity contribution in [3.63, 3.8) is 0 Å². The average molecular weight is 258 g/mol. The molecule has 6 nitrogen and oxygen atoms in total. The number of hydrogen-bond donors (Lipinski definition) is 2. The molecule has 0 heterocycles. The van der Waals surface area contributed by atoms with E-state index in [0.29, 0.717) is 0 Å². The lowest BCUT2D eigenvalue weighted by molar-refractivity contribution is -0.164. The monoisotopic (exact) mass is 258 g/mol. The van der Waals surface area contributed by atoms with Crippen LogP contribution >= 0.6 is 0 Å². The number of esters is 1. The highest BCUT2D eigenvalue weighted by molar-refractivity contribution is 5.96. The summed E-state index contributed by atoms with van der Waals surface area (Å²) in [5, 5.41) is 18.1. The zero-order valence-corrected chi connectivity index (χ0v) is 10.5. The molecule has 2 atom stereocenters. The molecule has 2 N–H and O–H groups in total. The van der Waals surface area contributed by atoms with Gasteiger partial charge in [-0.05, 0) is 26.7 Å². The summed E-state index contributed by atoms with van der Waals surface area (Å²) in [6.45, 7) is 6.01. The van der Waals surface area contributed by atoms with E-state index in [1.165, 1.54) is 13.8 Å². The molecule has 102 valence electrons. The van der Waals surface area contributed by atoms with Gasteiger partial charge in [-0.1, -0.05) is 6.58 Å². The van der Waals surface area contributed by atoms with E-state index in [4.69, 9.17) is 5.11 Å². The second-order valence-corrected chi connectivity index (χ2v) is 4.07. The smallest absolute Gasteiger partial charge is 0.335 e. The maximum Gasteiger partial charge on any atom is 0.335 e. The van der Waals surface area contributed by atoms with Gasteiger partial charge >= 0.3 is 11.9 Å². The topological polar surface area (TPSA) is 101 Å². The second-order valence-electron chi connectivity index (χ2n) is 4.07. The first-order chi connectivity index (χ1) is 8.25. The van der Waals surface area contributed by atoms with Gasteiger partial charge in [-0.3, -0.25) is 9.59 Å². The van der Waals surface area contributed by atoms with Crippen molar-refractivity contribution in [3.8, 4) is 0 Å². The number of aliphatic hydroxyl groups is 1. The van der Waals surface area contributed by atoms with Gasteiger partial charge in [-0.2, -0.15) is 0 Å². The fourth-order valence-electron chi connectivity index (χ4n) is 1.28. The summed E-state index contributed by atoms with van der Waals surface area (Å²) in [6.07, 6.45) is -0.862. The van der Waals surface area contributed by atoms with Crippen molar-refractivity contribution >= 4 is 17.7 Å². The molecule has 0 aromatic heterocycles. The standard InChI is InChI=1S/C12H18O6/c1-7(2)12(17)18-10(14)6-4-5-9(8(3)13)11(15)16/h9-10,14H,1,4-6H2,2-3H3,(H,15,16). The number of Topliss-reactive ketones (excluding diaryl/α,β-unsaturated/α-hetero) is 1. The van der Waals surface area contributed by atoms with Crippen LogP contribution in [0.5, 0.6) is 0 Å². The fourth-order valence-corrected chi connectivity index (χ4v) is 1.28. The summed E-state index contributed by atoms with van der Waals surface area (Å²) in [5.74, 6) is -3.40. The molecule has 2 unspecified atom stereocenters. The minimum absolute atomic E-state index is 0.0794. The first-order valence-corrected chi connectivity index (χ1v) is 5.53. The molecular formula is C12H18O6. The number of aliphatic carboxylic acids is 1. The Kier molecular flexibility index (Phi) is 6.89. The van der Waals surface area contributed by atoms with E-state index in [1.54, 1.807) is 0 Å². The molecule has 0 saturated heterocycles. The summed E-state index contributed by atoms with van der Waals surface area (Å²) < 4.78 is 4.60. The molecule has 0 bridgehead atoms. The lowest BCUT2D eigenvalue weighted by Crippen LogP contribution is -2.23. The molecule has 0 aliphatic carbocycles. The van der Waals surface area contributed by atoms with Crippen molar-refractivity contribution in [1.29, 1.82) is 0 Å². The third-order valence-corrected chi connectivity index (χ3v) is 2.32. The molecule has 0 aliphatic rings. The first kappa shape index (κ1) is 16.3. The van der Waals surface area contributed by atoms with E-state index in [0.717, 1.165) is 0 Å². The average Bonchev–Trinajstić information content (AvgIpc) is 2.22. The van der Waals surface area contributed by atoms with E-state index < -0.39 is 29.9 Å². The van der Waals surface area contributed by atoms with Crippen LogP contribution in [-0.4, -0.2) is 34.2 Å². The van der Waals surface area contributed by atoms with Gasteiger partial charge < -0.3 is 14.9 Å². The molecule has 0 fully saturated rings. The van der Waals surface area contributed by atoms with Gasteiger partial charge in [0, 0.05) is 12.0 Å². The van der Waals surface area contributed by atoms with Gasteiger partial charge in [0.15, 0.2) is 0 Å². The van der Waals surface area contributed by atoms with Gasteiger partial charge in [0.25, 0.3) is 0 Å². The van der Waals surface area contributed by atoms with E-state index in [9.17, 15) is 19.5 Å². The SMILES string of the molecule is C=C(C)C(=O)OC(O)CCCC(C(C)=O)C(=O)O. The molecule has 0 saturated carbocycles. The molecule has 6 heteroatoms. The highest BCUT2D eigenvalue weighted by Crippen LogP contribution is 2.12. The Morgan fingerprint density at radius 1 is 1.22 bits per heavy atom. The van der Waals surface area contributed by atoms with Gasteiger partial charge in [0.1, 0.15) is 11.7 Å². The number of rotatable bonds is 8. The molecule has 0 radical (unpaired) electrons. The van der Waals surface area contributed by atoms with Crippen LogP contribution in [0.3, 0.4) is 0 Å². The Morgan fingerprint density at radius 2 is 1.78 bits per heavy atom. The summed E-state index contributed by atoms with van der Waals surface area (Å²) >= 11 is 0. The lowest BCUT2D eigenvalue weighted by atomic mass is 9.98. The third-order valence-electron chi connectivity index (χ3n) is 2.32. The minimum Gasteiger partial charge on any atom is -0.481 e. The summed E-state index contributed by atoms with van der Waals surface area (Å²) in [5.41, 5.74) is 0.168. The van der Waals surface area contributed by atoms with Gasteiger partial charge in [-0.25, -0.2) is 4.79 Å². The molecule has 18 heavy (non-hydrogen) atoms. The predicted molar refractivity (Wildman–Crippen MR) is 62.6 cm³/mol. The summed E-state index contributed by atoms with van der Waals surface area (Å²) in [7, 11) is 0. The van der Waals surface area contributed by atoms with E-state index in [-0.39, 0.29) is 24.8 Å². The zero-order chi connectivity index (χ0) is 14.3. The number of ketones is 1. The van der Waals surface area contributed by atoms with Crippen molar-refractivity contribution in [1.82, 2.24) is 0 Å². The van der Waals surface area contributed by atoms with E-state index in [1.807, 2.05) is 0 Å². The van der Waals surface area contributed by atoms with Crippen LogP contribution in [0.2, 0.25) is 0 Å². The summed E-state index contributed by atoms with van der Waals surface area (Å²) in [4.78, 5) is 32.7. The number of carbonyl (C=O) groups excluding carboxylic acids is 2. The van der Waals surface area contributed by atoms with E-state index in [2.05, 4.69) is 11.3 Å². The number of hydrogen-bond acceptors (Lipinski definition) is 5. The maximum atomic E-state index is 11.0. The Bertz CT molecular complexity index is 332. The Labute approximate surface area is 105 Å². The highest BCUT2D eigenvalue weighted by atomic mass is 16.6. The van der Waals surface area contributed by atoms with Crippen molar-refractivity contribution in [2.45, 2.75) is 39.4 Å². The molecule has 0 aliphatic heterocycles. The van der Waals surface area contributed by atoms with Crippen LogP contribution in [-0.2, 0) is 19.1 Å². The Morgan fingerprint density at radius 3 is 2.17 bits per heavy atom. The number of ether oxygens (including phenoxy) is 1. The fraction of sp³-hybridized carbons (Fsp3) is 0.583. The molecule has 0 rings (SSSR count). The van der Waals surface area contributed by atoms with Gasteiger partial charge in [0.2, 0.25) is 6.29 Å². The summed E-state index contributed by atoms with van der Waals surface area (Å²) in [6, 6.07) is 0. The number of carbonyl (C=O) groups is 3. The quantitative estimate of drug-likeness (QED) is 0.290. The van der Waals surface area contributed by atoms with Crippen LogP contribution in [0.15, 0.2) is 12.2 Å². The molecular weight excluding hydrogens is 240 g/mol. The molecule has 0 aromatic rings. The van der Waals surface area contributed by atoms with Gasteiger partial charge in [-0.15, -0.1) is 0 Å². The zero-order valence-electron chi connectivity index (χ0n) is 10.5. The van der Waals surface area contributed by atoms with Crippen molar-refractivity contribution in [2.24, 2.45) is 5.92 Å². The van der Waals surface area contributed by atoms with Crippen LogP contribution in [0.1, 0.15) is 33.1 Å². The lowest BCUT2D eigenvalue weighted by Gasteiger charge is -2.13. The number of carboxylic acid groups (broad SMARTS) is 1. The first-order valence-electron chi connectivity index (χ1n) is 5.53. The minimum atomic E-state index is -1.31. The van der Waals surface area contributed by atoms with Crippen molar-refractivity contribution in [2.75, 3.05) is 0 Å². The predicted octanol–water partition coefficient (Wildman–Crippen LogP) is 0.884. The third kappa shape index (κ3) is 6.15. The normalized spacial score (nSPS) is 13.5. The second kappa shape index (κ2) is 7.60.